The highest BCUT2D eigenvalue weighted by Crippen LogP contribution is 2.04. The summed E-state index contributed by atoms with van der Waals surface area (Å²) in [6.45, 7) is 3.41. The van der Waals surface area contributed by atoms with Crippen molar-refractivity contribution >= 4 is 12.0 Å². The Bertz CT molecular complexity index is 377. The van der Waals surface area contributed by atoms with Crippen LogP contribution < -0.4 is 10.6 Å². The topological polar surface area (TPSA) is 107 Å². The maximum atomic E-state index is 11.5. The zero-order valence-corrected chi connectivity index (χ0v) is 9.73. The number of carbonyl (C=O) groups is 2. The van der Waals surface area contributed by atoms with E-state index >= 15 is 0 Å². The fourth-order valence-corrected chi connectivity index (χ4v) is 1.36. The van der Waals surface area contributed by atoms with Crippen LogP contribution in [0.2, 0.25) is 0 Å². The summed E-state index contributed by atoms with van der Waals surface area (Å²) in [4.78, 5) is 28.8. The van der Waals surface area contributed by atoms with E-state index in [0.29, 0.717) is 5.82 Å². The minimum Gasteiger partial charge on any atom is -0.481 e. The predicted octanol–water partition coefficient (Wildman–Crippen LogP) is 0.633. The number of rotatable bonds is 5. The third kappa shape index (κ3) is 4.54. The molecule has 7 nitrogen and oxygen atoms in total. The van der Waals surface area contributed by atoms with Gasteiger partial charge in [0.05, 0.1) is 12.5 Å². The number of amides is 2. The van der Waals surface area contributed by atoms with E-state index in [-0.39, 0.29) is 12.5 Å². The molecule has 4 N–H and O–H groups in total. The van der Waals surface area contributed by atoms with Crippen LogP contribution in [0.15, 0.2) is 12.4 Å². The molecule has 0 aliphatic rings. The summed E-state index contributed by atoms with van der Waals surface area (Å²) >= 11 is 0. The van der Waals surface area contributed by atoms with E-state index in [1.54, 1.807) is 26.2 Å². The standard InChI is InChI=1S/C10H16N4O3/c1-6(5-8(15)16)13-10(17)14-7(2)9-11-3-4-12-9/h3-4,6-7H,5H2,1-2H3,(H,11,12)(H,15,16)(H2,13,14,17). The molecule has 0 saturated heterocycles. The Morgan fingerprint density at radius 1 is 1.47 bits per heavy atom. The third-order valence-corrected chi connectivity index (χ3v) is 2.14. The molecular weight excluding hydrogens is 224 g/mol. The number of carbonyl (C=O) groups excluding carboxylic acids is 1. The monoisotopic (exact) mass is 240 g/mol. The van der Waals surface area contributed by atoms with Gasteiger partial charge in [-0.25, -0.2) is 9.78 Å². The lowest BCUT2D eigenvalue weighted by Gasteiger charge is -2.15. The SMILES string of the molecule is CC(CC(=O)O)NC(=O)NC(C)c1ncc[nH]1. The zero-order valence-electron chi connectivity index (χ0n) is 9.73. The predicted molar refractivity (Wildman–Crippen MR) is 60.4 cm³/mol. The highest BCUT2D eigenvalue weighted by Gasteiger charge is 2.14. The minimum atomic E-state index is -0.947. The molecule has 1 rings (SSSR count). The van der Waals surface area contributed by atoms with Crippen molar-refractivity contribution in [2.24, 2.45) is 0 Å². The first kappa shape index (κ1) is 13.0. The molecule has 0 saturated carbocycles. The summed E-state index contributed by atoms with van der Waals surface area (Å²) in [6.07, 6.45) is 3.15. The summed E-state index contributed by atoms with van der Waals surface area (Å²) in [5.74, 6) is -0.303. The average Bonchev–Trinajstić information content (AvgIpc) is 2.67. The van der Waals surface area contributed by atoms with Crippen LogP contribution >= 0.6 is 0 Å². The number of nitrogens with one attached hydrogen (secondary N) is 3. The van der Waals surface area contributed by atoms with Crippen LogP contribution in [-0.4, -0.2) is 33.1 Å². The number of hydrogen-bond donors (Lipinski definition) is 4. The van der Waals surface area contributed by atoms with Crippen molar-refractivity contribution in [1.82, 2.24) is 20.6 Å². The Morgan fingerprint density at radius 2 is 2.18 bits per heavy atom. The van der Waals surface area contributed by atoms with Crippen molar-refractivity contribution in [1.29, 1.82) is 0 Å². The van der Waals surface area contributed by atoms with Crippen molar-refractivity contribution < 1.29 is 14.7 Å². The number of aromatic amines is 1. The number of urea groups is 1. The number of aromatic nitrogens is 2. The lowest BCUT2D eigenvalue weighted by atomic mass is 10.2. The molecule has 1 heterocycles. The first-order valence-corrected chi connectivity index (χ1v) is 5.27. The molecule has 17 heavy (non-hydrogen) atoms. The van der Waals surface area contributed by atoms with E-state index < -0.39 is 18.0 Å². The number of H-pyrrole nitrogens is 1. The van der Waals surface area contributed by atoms with Gasteiger partial charge in [0.2, 0.25) is 0 Å². The van der Waals surface area contributed by atoms with E-state index in [9.17, 15) is 9.59 Å². The molecule has 0 aliphatic carbocycles. The Morgan fingerprint density at radius 3 is 2.71 bits per heavy atom. The van der Waals surface area contributed by atoms with E-state index in [1.807, 2.05) is 0 Å². The van der Waals surface area contributed by atoms with Gasteiger partial charge in [-0.2, -0.15) is 0 Å². The molecule has 2 amide bonds. The molecule has 7 heteroatoms. The van der Waals surface area contributed by atoms with Gasteiger partial charge >= 0.3 is 12.0 Å². The van der Waals surface area contributed by atoms with E-state index in [1.165, 1.54) is 0 Å². The van der Waals surface area contributed by atoms with Crippen molar-refractivity contribution in [3.63, 3.8) is 0 Å². The van der Waals surface area contributed by atoms with Crippen LogP contribution in [0.5, 0.6) is 0 Å². The average molecular weight is 240 g/mol. The number of aliphatic carboxylic acids is 1. The van der Waals surface area contributed by atoms with Crippen LogP contribution in [0.25, 0.3) is 0 Å². The number of nitrogens with zero attached hydrogens (tertiary/aromatic N) is 1. The quantitative estimate of drug-likeness (QED) is 0.605. The molecule has 2 unspecified atom stereocenters. The van der Waals surface area contributed by atoms with E-state index in [4.69, 9.17) is 5.11 Å². The molecule has 0 aliphatic heterocycles. The molecule has 0 bridgehead atoms. The summed E-state index contributed by atoms with van der Waals surface area (Å²) in [5.41, 5.74) is 0. The van der Waals surface area contributed by atoms with Crippen molar-refractivity contribution in [3.05, 3.63) is 18.2 Å². The second-order valence-electron chi connectivity index (χ2n) is 3.81. The molecule has 0 radical (unpaired) electrons. The van der Waals surface area contributed by atoms with Gasteiger partial charge in [0.25, 0.3) is 0 Å². The zero-order chi connectivity index (χ0) is 12.8. The molecular formula is C10H16N4O3. The van der Waals surface area contributed by atoms with Crippen molar-refractivity contribution in [3.8, 4) is 0 Å². The summed E-state index contributed by atoms with van der Waals surface area (Å²) < 4.78 is 0. The third-order valence-electron chi connectivity index (χ3n) is 2.14. The lowest BCUT2D eigenvalue weighted by molar-refractivity contribution is -0.137. The first-order chi connectivity index (χ1) is 7.99. The van der Waals surface area contributed by atoms with Gasteiger partial charge in [0.15, 0.2) is 0 Å². The Hall–Kier alpha value is -2.05. The van der Waals surface area contributed by atoms with Gasteiger partial charge in [-0.3, -0.25) is 4.79 Å². The maximum absolute atomic E-state index is 11.5. The number of carboxylic acid groups (broad SMARTS) is 1. The Balaban J connectivity index is 2.37. The fraction of sp³-hybridized carbons (Fsp3) is 0.500. The largest absolute Gasteiger partial charge is 0.481 e. The van der Waals surface area contributed by atoms with E-state index in [0.717, 1.165) is 0 Å². The normalized spacial score (nSPS) is 13.8. The minimum absolute atomic E-state index is 0.109. The van der Waals surface area contributed by atoms with Crippen molar-refractivity contribution in [2.45, 2.75) is 32.4 Å². The second-order valence-corrected chi connectivity index (χ2v) is 3.81. The molecule has 2 atom stereocenters. The fourth-order valence-electron chi connectivity index (χ4n) is 1.36. The van der Waals surface area contributed by atoms with Gasteiger partial charge in [0, 0.05) is 18.4 Å². The summed E-state index contributed by atoms with van der Waals surface area (Å²) in [5, 5.41) is 13.7. The highest BCUT2D eigenvalue weighted by molar-refractivity contribution is 5.75. The second kappa shape index (κ2) is 5.88. The smallest absolute Gasteiger partial charge is 0.315 e. The van der Waals surface area contributed by atoms with Crippen LogP contribution in [0, 0.1) is 0 Å². The molecule has 0 spiro atoms. The summed E-state index contributed by atoms with van der Waals surface area (Å²) in [7, 11) is 0. The summed E-state index contributed by atoms with van der Waals surface area (Å²) in [6, 6.07) is -1.10. The number of hydrogen-bond acceptors (Lipinski definition) is 3. The molecule has 1 aromatic rings. The van der Waals surface area contributed by atoms with Crippen molar-refractivity contribution in [2.75, 3.05) is 0 Å². The Kier molecular flexibility index (Phi) is 4.50. The molecule has 94 valence electrons. The molecule has 0 fully saturated rings. The van der Waals surface area contributed by atoms with Crippen LogP contribution in [0.4, 0.5) is 4.79 Å². The number of carboxylic acids is 1. The van der Waals surface area contributed by atoms with Gasteiger partial charge in [-0.15, -0.1) is 0 Å². The van der Waals surface area contributed by atoms with Crippen LogP contribution in [-0.2, 0) is 4.79 Å². The number of imidazole rings is 1. The Labute approximate surface area is 98.6 Å². The lowest BCUT2D eigenvalue weighted by Crippen LogP contribution is -2.42. The van der Waals surface area contributed by atoms with Crippen LogP contribution in [0.3, 0.4) is 0 Å². The van der Waals surface area contributed by atoms with Gasteiger partial charge in [-0.05, 0) is 13.8 Å². The van der Waals surface area contributed by atoms with Gasteiger partial charge < -0.3 is 20.7 Å². The van der Waals surface area contributed by atoms with Gasteiger partial charge in [-0.1, -0.05) is 0 Å². The maximum Gasteiger partial charge on any atom is 0.315 e. The van der Waals surface area contributed by atoms with Crippen LogP contribution in [0.1, 0.15) is 32.1 Å². The molecule has 1 aromatic heterocycles. The highest BCUT2D eigenvalue weighted by atomic mass is 16.4. The van der Waals surface area contributed by atoms with E-state index in [2.05, 4.69) is 20.6 Å². The van der Waals surface area contributed by atoms with Gasteiger partial charge in [0.1, 0.15) is 5.82 Å². The first-order valence-electron chi connectivity index (χ1n) is 5.27. The molecule has 0 aromatic carbocycles.